The van der Waals surface area contributed by atoms with Crippen molar-refractivity contribution >= 4 is 0 Å². The van der Waals surface area contributed by atoms with Crippen molar-refractivity contribution in [2.75, 3.05) is 0 Å². The summed E-state index contributed by atoms with van der Waals surface area (Å²) in [4.78, 5) is 0. The van der Waals surface area contributed by atoms with Gasteiger partial charge in [-0.25, -0.2) is 0 Å². The minimum atomic E-state index is -1.11. The molecule has 1 unspecified atom stereocenters. The molecule has 4 saturated carbocycles. The minimum Gasteiger partial charge on any atom is -0.393 e. The van der Waals surface area contributed by atoms with E-state index in [1.165, 1.54) is 44.9 Å². The van der Waals surface area contributed by atoms with Gasteiger partial charge in [0.25, 0.3) is 0 Å². The highest BCUT2D eigenvalue weighted by Crippen LogP contribution is 2.69. The average Bonchev–Trinajstić information content (AvgIpc) is 3.08. The van der Waals surface area contributed by atoms with Gasteiger partial charge in [0.15, 0.2) is 0 Å². The van der Waals surface area contributed by atoms with Crippen LogP contribution in [0.5, 0.6) is 0 Å². The molecule has 4 rings (SSSR count). The van der Waals surface area contributed by atoms with E-state index in [1.807, 2.05) is 0 Å². The number of fused-ring (bicyclic) bond motifs is 5. The summed E-state index contributed by atoms with van der Waals surface area (Å²) < 4.78 is 0. The summed E-state index contributed by atoms with van der Waals surface area (Å²) in [6.45, 7) is 14.5. The van der Waals surface area contributed by atoms with Crippen LogP contribution in [0.4, 0.5) is 0 Å². The SMILES string of the molecule is CC[C@H](CC[C@@H](C)[C@H]1CC[C@H]2[C@@H]3C[C@@H](O)[C@@]4(O)CC(O)CC[C@]4(C)[C@H]3CC[C@]12C)C(C)C. The summed E-state index contributed by atoms with van der Waals surface area (Å²) in [7, 11) is 0. The van der Waals surface area contributed by atoms with E-state index < -0.39 is 17.8 Å². The average molecular weight is 449 g/mol. The molecule has 0 aliphatic heterocycles. The molecule has 3 nitrogen and oxygen atoms in total. The standard InChI is InChI=1S/C29H52O3/c1-7-20(18(2)3)9-8-19(4)23-10-11-24-22-16-26(31)29(32)17-21(30)12-15-28(29,6)25(22)13-14-27(23,24)5/h18-26,30-32H,7-17H2,1-6H3/t19-,20-,21?,22+,23-,24+,25+,26-,27-,28-,29+/m1/s1. The molecule has 32 heavy (non-hydrogen) atoms. The summed E-state index contributed by atoms with van der Waals surface area (Å²) in [5.74, 6) is 4.92. The first-order valence-corrected chi connectivity index (χ1v) is 14.1. The lowest BCUT2D eigenvalue weighted by Crippen LogP contribution is -2.68. The maximum atomic E-state index is 11.7. The predicted octanol–water partition coefficient (Wildman–Crippen LogP) is 6.19. The van der Waals surface area contributed by atoms with Gasteiger partial charge in [-0.15, -0.1) is 0 Å². The Balaban J connectivity index is 1.51. The van der Waals surface area contributed by atoms with E-state index in [0.717, 1.165) is 42.9 Å². The highest BCUT2D eigenvalue weighted by atomic mass is 16.3. The molecule has 0 radical (unpaired) electrons. The van der Waals surface area contributed by atoms with Gasteiger partial charge < -0.3 is 15.3 Å². The topological polar surface area (TPSA) is 60.7 Å². The maximum Gasteiger partial charge on any atom is 0.0985 e. The highest BCUT2D eigenvalue weighted by molar-refractivity contribution is 5.17. The fourth-order valence-electron chi connectivity index (χ4n) is 9.92. The van der Waals surface area contributed by atoms with Crippen molar-refractivity contribution in [3.63, 3.8) is 0 Å². The zero-order chi connectivity index (χ0) is 23.5. The Bertz CT molecular complexity index is 663. The van der Waals surface area contributed by atoms with Crippen molar-refractivity contribution in [1.82, 2.24) is 0 Å². The Morgan fingerprint density at radius 1 is 0.906 bits per heavy atom. The van der Waals surface area contributed by atoms with Crippen LogP contribution in [-0.2, 0) is 0 Å². The molecular formula is C29H52O3. The van der Waals surface area contributed by atoms with Gasteiger partial charge in [-0.1, -0.05) is 54.4 Å². The van der Waals surface area contributed by atoms with Crippen molar-refractivity contribution in [3.8, 4) is 0 Å². The lowest BCUT2D eigenvalue weighted by Gasteiger charge is -2.65. The molecule has 4 aliphatic carbocycles. The summed E-state index contributed by atoms with van der Waals surface area (Å²) >= 11 is 0. The van der Waals surface area contributed by atoms with E-state index in [-0.39, 0.29) is 5.41 Å². The summed E-state index contributed by atoms with van der Waals surface area (Å²) in [5.41, 5.74) is -0.984. The number of hydrogen-bond donors (Lipinski definition) is 3. The molecule has 0 aromatic heterocycles. The van der Waals surface area contributed by atoms with Gasteiger partial charge in [-0.3, -0.25) is 0 Å². The lowest BCUT2D eigenvalue weighted by molar-refractivity contribution is -0.264. The van der Waals surface area contributed by atoms with E-state index >= 15 is 0 Å². The van der Waals surface area contributed by atoms with Crippen LogP contribution in [0.1, 0.15) is 112 Å². The van der Waals surface area contributed by atoms with Crippen LogP contribution in [0.25, 0.3) is 0 Å². The molecule has 0 spiro atoms. The van der Waals surface area contributed by atoms with Gasteiger partial charge in [-0.05, 0) is 98.2 Å². The first kappa shape index (κ1) is 25.0. The summed E-state index contributed by atoms with van der Waals surface area (Å²) in [5, 5.41) is 33.2. The van der Waals surface area contributed by atoms with Crippen molar-refractivity contribution in [3.05, 3.63) is 0 Å². The normalized spacial score (nSPS) is 50.4. The molecular weight excluding hydrogens is 396 g/mol. The fourth-order valence-corrected chi connectivity index (χ4v) is 9.92. The monoisotopic (exact) mass is 448 g/mol. The number of aliphatic hydroxyl groups is 3. The van der Waals surface area contributed by atoms with Crippen molar-refractivity contribution in [2.24, 2.45) is 52.3 Å². The quantitative estimate of drug-likeness (QED) is 0.454. The predicted molar refractivity (Wildman–Crippen MR) is 131 cm³/mol. The molecule has 0 heterocycles. The molecule has 0 bridgehead atoms. The van der Waals surface area contributed by atoms with E-state index in [0.29, 0.717) is 29.6 Å². The van der Waals surface area contributed by atoms with Gasteiger partial charge >= 0.3 is 0 Å². The first-order chi connectivity index (χ1) is 15.0. The fraction of sp³-hybridized carbons (Fsp3) is 1.00. The second-order valence-corrected chi connectivity index (χ2v) is 13.6. The number of hydrogen-bond acceptors (Lipinski definition) is 3. The second-order valence-electron chi connectivity index (χ2n) is 13.6. The molecule has 3 N–H and O–H groups in total. The molecule has 4 fully saturated rings. The number of aliphatic hydroxyl groups excluding tert-OH is 2. The molecule has 11 atom stereocenters. The van der Waals surface area contributed by atoms with Crippen LogP contribution in [0, 0.1) is 52.3 Å². The van der Waals surface area contributed by atoms with Gasteiger partial charge in [0.1, 0.15) is 0 Å². The van der Waals surface area contributed by atoms with Crippen LogP contribution in [0.15, 0.2) is 0 Å². The lowest BCUT2D eigenvalue weighted by atomic mass is 9.42. The van der Waals surface area contributed by atoms with E-state index in [9.17, 15) is 15.3 Å². The molecule has 4 aliphatic rings. The molecule has 186 valence electrons. The van der Waals surface area contributed by atoms with E-state index in [4.69, 9.17) is 0 Å². The van der Waals surface area contributed by atoms with Crippen molar-refractivity contribution < 1.29 is 15.3 Å². The van der Waals surface area contributed by atoms with Gasteiger partial charge in [-0.2, -0.15) is 0 Å². The van der Waals surface area contributed by atoms with Crippen LogP contribution in [-0.4, -0.2) is 33.1 Å². The Kier molecular flexibility index (Phi) is 6.89. The van der Waals surface area contributed by atoms with Crippen LogP contribution >= 0.6 is 0 Å². The van der Waals surface area contributed by atoms with E-state index in [1.54, 1.807) is 0 Å². The third-order valence-electron chi connectivity index (χ3n) is 12.1. The Morgan fingerprint density at radius 3 is 2.28 bits per heavy atom. The van der Waals surface area contributed by atoms with Crippen molar-refractivity contribution in [2.45, 2.75) is 130 Å². The third-order valence-corrected chi connectivity index (χ3v) is 12.1. The number of rotatable bonds is 6. The van der Waals surface area contributed by atoms with Crippen molar-refractivity contribution in [1.29, 1.82) is 0 Å². The summed E-state index contributed by atoms with van der Waals surface area (Å²) in [6, 6.07) is 0. The van der Waals surface area contributed by atoms with E-state index in [2.05, 4.69) is 41.5 Å². The molecule has 0 aromatic carbocycles. The largest absolute Gasteiger partial charge is 0.393 e. The molecule has 0 saturated heterocycles. The first-order valence-electron chi connectivity index (χ1n) is 14.1. The van der Waals surface area contributed by atoms with Gasteiger partial charge in [0.2, 0.25) is 0 Å². The van der Waals surface area contributed by atoms with Gasteiger partial charge in [0.05, 0.1) is 17.8 Å². The Morgan fingerprint density at radius 2 is 1.62 bits per heavy atom. The zero-order valence-electron chi connectivity index (χ0n) is 21.8. The molecule has 0 amide bonds. The smallest absolute Gasteiger partial charge is 0.0985 e. The van der Waals surface area contributed by atoms with Gasteiger partial charge in [0, 0.05) is 11.8 Å². The second kappa shape index (κ2) is 8.83. The Labute approximate surface area is 197 Å². The Hall–Kier alpha value is -0.120. The molecule has 3 heteroatoms. The van der Waals surface area contributed by atoms with Crippen LogP contribution in [0.3, 0.4) is 0 Å². The minimum absolute atomic E-state index is 0.259. The highest BCUT2D eigenvalue weighted by Gasteiger charge is 2.67. The van der Waals surface area contributed by atoms with Crippen LogP contribution < -0.4 is 0 Å². The molecule has 0 aromatic rings. The third kappa shape index (κ3) is 3.72. The summed E-state index contributed by atoms with van der Waals surface area (Å²) in [6.07, 6.45) is 10.7. The van der Waals surface area contributed by atoms with Crippen LogP contribution in [0.2, 0.25) is 0 Å². The zero-order valence-corrected chi connectivity index (χ0v) is 21.8. The maximum absolute atomic E-state index is 11.7.